The first kappa shape index (κ1) is 17.9. The number of benzene rings is 2. The van der Waals surface area contributed by atoms with Gasteiger partial charge in [0.1, 0.15) is 6.10 Å². The minimum atomic E-state index is -3.45. The van der Waals surface area contributed by atoms with Crippen molar-refractivity contribution in [1.82, 2.24) is 0 Å². The third kappa shape index (κ3) is 3.55. The zero-order valence-corrected chi connectivity index (χ0v) is 16.5. The molecule has 1 N–H and O–H groups in total. The van der Waals surface area contributed by atoms with Gasteiger partial charge < -0.3 is 5.11 Å². The number of hydrogen-bond donors (Lipinski definition) is 1. The van der Waals surface area contributed by atoms with Gasteiger partial charge in [-0.1, -0.05) is 77.5 Å². The van der Waals surface area contributed by atoms with Crippen LogP contribution in [0, 0.1) is 0 Å². The van der Waals surface area contributed by atoms with Crippen molar-refractivity contribution in [2.45, 2.75) is 14.7 Å². The van der Waals surface area contributed by atoms with Gasteiger partial charge in [0, 0.05) is 5.75 Å². The van der Waals surface area contributed by atoms with Gasteiger partial charge in [0.15, 0.2) is 9.84 Å². The molecule has 22 heavy (non-hydrogen) atoms. The Labute approximate surface area is 152 Å². The molecule has 0 heterocycles. The third-order valence-electron chi connectivity index (χ3n) is 3.45. The zero-order chi connectivity index (χ0) is 16.4. The van der Waals surface area contributed by atoms with Crippen LogP contribution in [0.4, 0.5) is 0 Å². The molecule has 2 aromatic rings. The Morgan fingerprint density at radius 2 is 1.59 bits per heavy atom. The molecule has 0 radical (unpaired) electrons. The summed E-state index contributed by atoms with van der Waals surface area (Å²) in [5.41, 5.74) is 2.65. The maximum Gasteiger partial charge on any atom is 0.207 e. The number of halogens is 2. The summed E-state index contributed by atoms with van der Waals surface area (Å²) in [7, 11) is -3.45. The van der Waals surface area contributed by atoms with E-state index in [1.54, 1.807) is 41.6 Å². The van der Waals surface area contributed by atoms with Gasteiger partial charge in [0.2, 0.25) is 1.66 Å². The summed E-state index contributed by atoms with van der Waals surface area (Å²) in [5, 5.41) is 10.4. The Balaban J connectivity index is 2.31. The molecular weight excluding hydrogens is 479 g/mol. The summed E-state index contributed by atoms with van der Waals surface area (Å²) in [5.74, 6) is -0.0413. The fourth-order valence-electron chi connectivity index (χ4n) is 2.05. The molecule has 6 heteroatoms. The van der Waals surface area contributed by atoms with Crippen LogP contribution < -0.4 is 0 Å². The van der Waals surface area contributed by atoms with E-state index >= 15 is 0 Å². The largest absolute Gasteiger partial charge is 0.385 e. The molecular formula is C16H16BrIO3S. The van der Waals surface area contributed by atoms with E-state index in [-0.39, 0.29) is 5.75 Å². The lowest BCUT2D eigenvalue weighted by molar-refractivity contribution is 0.191. The standard InChI is InChI=1S/C16H16BrIO3S/c1-2-22(20,21)16(17,18)15(19)14-10-8-13(9-11-14)12-6-4-3-5-7-12/h3-11,15,19H,2H2,1H3/t15-,16-/m0/s1. The molecule has 0 aliphatic heterocycles. The second-order valence-electron chi connectivity index (χ2n) is 4.86. The van der Waals surface area contributed by atoms with Gasteiger partial charge in [-0.25, -0.2) is 8.42 Å². The van der Waals surface area contributed by atoms with E-state index < -0.39 is 17.6 Å². The number of rotatable bonds is 5. The molecule has 2 atom stereocenters. The summed E-state index contributed by atoms with van der Waals surface area (Å²) in [6, 6.07) is 17.1. The number of aliphatic hydroxyl groups is 1. The molecule has 0 bridgehead atoms. The van der Waals surface area contributed by atoms with Gasteiger partial charge in [0.25, 0.3) is 0 Å². The van der Waals surface area contributed by atoms with Crippen LogP contribution in [0.3, 0.4) is 0 Å². The molecule has 118 valence electrons. The fraction of sp³-hybridized carbons (Fsp3) is 0.250. The lowest BCUT2D eigenvalue weighted by atomic mass is 10.0. The molecule has 0 spiro atoms. The van der Waals surface area contributed by atoms with Crippen molar-refractivity contribution in [3.63, 3.8) is 0 Å². The average molecular weight is 495 g/mol. The van der Waals surface area contributed by atoms with Crippen molar-refractivity contribution < 1.29 is 13.5 Å². The van der Waals surface area contributed by atoms with Crippen LogP contribution in [-0.2, 0) is 9.84 Å². The monoisotopic (exact) mass is 494 g/mol. The summed E-state index contributed by atoms with van der Waals surface area (Å²) in [6.07, 6.45) is -1.15. The van der Waals surface area contributed by atoms with Crippen LogP contribution in [0.15, 0.2) is 54.6 Å². The first-order valence-corrected chi connectivity index (χ1v) is 10.3. The minimum absolute atomic E-state index is 0.0413. The summed E-state index contributed by atoms with van der Waals surface area (Å²) >= 11 is 4.92. The van der Waals surface area contributed by atoms with Crippen LogP contribution in [0.5, 0.6) is 0 Å². The Morgan fingerprint density at radius 1 is 1.09 bits per heavy atom. The molecule has 0 aliphatic carbocycles. The second kappa shape index (κ2) is 6.98. The fourth-order valence-corrected chi connectivity index (χ4v) is 5.15. The number of sulfone groups is 1. The average Bonchev–Trinajstić information content (AvgIpc) is 2.55. The molecule has 3 nitrogen and oxygen atoms in total. The Hall–Kier alpha value is -0.440. The minimum Gasteiger partial charge on any atom is -0.385 e. The van der Waals surface area contributed by atoms with Crippen molar-refractivity contribution >= 4 is 48.4 Å². The topological polar surface area (TPSA) is 54.4 Å². The quantitative estimate of drug-likeness (QED) is 0.498. The highest BCUT2D eigenvalue weighted by atomic mass is 127. The van der Waals surface area contributed by atoms with E-state index in [1.807, 2.05) is 42.5 Å². The van der Waals surface area contributed by atoms with Crippen LogP contribution >= 0.6 is 38.5 Å². The lowest BCUT2D eigenvalue weighted by Gasteiger charge is -2.26. The molecule has 0 saturated carbocycles. The highest BCUT2D eigenvalue weighted by molar-refractivity contribution is 14.1. The number of hydrogen-bond acceptors (Lipinski definition) is 3. The molecule has 0 unspecified atom stereocenters. The number of aliphatic hydroxyl groups excluding tert-OH is 1. The van der Waals surface area contributed by atoms with Crippen LogP contribution in [0.1, 0.15) is 18.6 Å². The summed E-state index contributed by atoms with van der Waals surface area (Å²) in [6.45, 7) is 1.56. The van der Waals surface area contributed by atoms with Crippen LogP contribution in [-0.4, -0.2) is 20.9 Å². The van der Waals surface area contributed by atoms with Gasteiger partial charge in [-0.3, -0.25) is 0 Å². The van der Waals surface area contributed by atoms with E-state index in [9.17, 15) is 13.5 Å². The zero-order valence-electron chi connectivity index (χ0n) is 11.9. The molecule has 0 aromatic heterocycles. The predicted molar refractivity (Wildman–Crippen MR) is 102 cm³/mol. The van der Waals surface area contributed by atoms with Crippen molar-refractivity contribution in [2.24, 2.45) is 0 Å². The van der Waals surface area contributed by atoms with E-state index in [0.29, 0.717) is 5.56 Å². The predicted octanol–water partition coefficient (Wildman–Crippen LogP) is 4.31. The first-order chi connectivity index (χ1) is 10.3. The normalized spacial score (nSPS) is 16.0. The highest BCUT2D eigenvalue weighted by Gasteiger charge is 2.45. The Bertz CT molecular complexity index is 728. The summed E-state index contributed by atoms with van der Waals surface area (Å²) in [4.78, 5) is 0. The molecule has 0 fully saturated rings. The van der Waals surface area contributed by atoms with Crippen molar-refractivity contribution in [3.8, 4) is 11.1 Å². The van der Waals surface area contributed by atoms with Crippen molar-refractivity contribution in [3.05, 3.63) is 60.2 Å². The maximum atomic E-state index is 12.1. The van der Waals surface area contributed by atoms with E-state index in [0.717, 1.165) is 11.1 Å². The SMILES string of the molecule is CCS(=O)(=O)[C@@](Br)(I)[C@@H](O)c1ccc(-c2ccccc2)cc1. The smallest absolute Gasteiger partial charge is 0.207 e. The van der Waals surface area contributed by atoms with Crippen LogP contribution in [0.2, 0.25) is 0 Å². The van der Waals surface area contributed by atoms with Gasteiger partial charge in [-0.05, 0) is 39.3 Å². The first-order valence-electron chi connectivity index (χ1n) is 6.73. The second-order valence-corrected chi connectivity index (χ2v) is 13.0. The molecule has 2 aromatic carbocycles. The third-order valence-corrected chi connectivity index (χ3v) is 9.78. The molecule has 2 rings (SSSR count). The lowest BCUT2D eigenvalue weighted by Crippen LogP contribution is -2.33. The van der Waals surface area contributed by atoms with E-state index in [2.05, 4.69) is 15.9 Å². The van der Waals surface area contributed by atoms with Gasteiger partial charge in [-0.2, -0.15) is 0 Å². The van der Waals surface area contributed by atoms with Gasteiger partial charge in [0.05, 0.1) is 0 Å². The Morgan fingerprint density at radius 3 is 2.09 bits per heavy atom. The van der Waals surface area contributed by atoms with Crippen molar-refractivity contribution in [2.75, 3.05) is 5.75 Å². The van der Waals surface area contributed by atoms with Crippen molar-refractivity contribution in [1.29, 1.82) is 0 Å². The van der Waals surface area contributed by atoms with Gasteiger partial charge >= 0.3 is 0 Å². The number of alkyl halides is 2. The Kier molecular flexibility index (Phi) is 5.68. The molecule has 0 saturated heterocycles. The highest BCUT2D eigenvalue weighted by Crippen LogP contribution is 2.45. The van der Waals surface area contributed by atoms with E-state index in [1.165, 1.54) is 0 Å². The maximum absolute atomic E-state index is 12.1. The van der Waals surface area contributed by atoms with Crippen LogP contribution in [0.25, 0.3) is 11.1 Å². The van der Waals surface area contributed by atoms with E-state index in [4.69, 9.17) is 0 Å². The molecule has 0 amide bonds. The van der Waals surface area contributed by atoms with Gasteiger partial charge in [-0.15, -0.1) is 0 Å². The summed E-state index contributed by atoms with van der Waals surface area (Å²) < 4.78 is 22.8. The molecule has 0 aliphatic rings.